The van der Waals surface area contributed by atoms with Gasteiger partial charge in [0, 0.05) is 23.2 Å². The number of carbonyl (C=O) groups is 1. The lowest BCUT2D eigenvalue weighted by atomic mass is 9.97. The quantitative estimate of drug-likeness (QED) is 0.765. The fourth-order valence-electron chi connectivity index (χ4n) is 2.50. The van der Waals surface area contributed by atoms with Crippen LogP contribution in [-0.4, -0.2) is 16.1 Å². The topological polar surface area (TPSA) is 50.2 Å². The van der Waals surface area contributed by atoms with Crippen molar-refractivity contribution in [2.24, 2.45) is 0 Å². The van der Waals surface area contributed by atoms with Gasteiger partial charge in [0.1, 0.15) is 17.5 Å². The third kappa shape index (κ3) is 2.63. The zero-order chi connectivity index (χ0) is 16.7. The second kappa shape index (κ2) is 5.39. The Kier molecular flexibility index (Phi) is 3.52. The summed E-state index contributed by atoms with van der Waals surface area (Å²) < 4.78 is 41.3. The van der Waals surface area contributed by atoms with Crippen molar-refractivity contribution in [1.82, 2.24) is 4.98 Å². The van der Waals surface area contributed by atoms with Crippen LogP contribution in [-0.2, 0) is 0 Å². The van der Waals surface area contributed by atoms with E-state index in [0.717, 1.165) is 0 Å². The summed E-state index contributed by atoms with van der Waals surface area (Å²) in [5.41, 5.74) is 0.578. The number of aromatic nitrogens is 1. The third-order valence-electron chi connectivity index (χ3n) is 3.46. The van der Waals surface area contributed by atoms with Crippen molar-refractivity contribution in [3.63, 3.8) is 0 Å². The lowest BCUT2D eigenvalue weighted by Crippen LogP contribution is -1.99. The Morgan fingerprint density at radius 1 is 1.04 bits per heavy atom. The highest BCUT2D eigenvalue weighted by Crippen LogP contribution is 2.33. The number of halogens is 3. The number of carboxylic acid groups (broad SMARTS) is 1. The first kappa shape index (κ1) is 15.0. The van der Waals surface area contributed by atoms with Gasteiger partial charge in [-0.05, 0) is 36.8 Å². The molecule has 3 nitrogen and oxygen atoms in total. The van der Waals surface area contributed by atoms with E-state index in [2.05, 4.69) is 4.98 Å². The average molecular weight is 317 g/mol. The number of pyridine rings is 1. The number of aryl methyl sites for hydroxylation is 1. The van der Waals surface area contributed by atoms with Crippen molar-refractivity contribution >= 4 is 16.9 Å². The van der Waals surface area contributed by atoms with Crippen LogP contribution in [0.2, 0.25) is 0 Å². The molecule has 0 fully saturated rings. The van der Waals surface area contributed by atoms with Gasteiger partial charge in [-0.15, -0.1) is 0 Å². The summed E-state index contributed by atoms with van der Waals surface area (Å²) >= 11 is 0. The minimum absolute atomic E-state index is 0.0349. The van der Waals surface area contributed by atoms with Crippen LogP contribution >= 0.6 is 0 Å². The molecule has 0 saturated heterocycles. The molecule has 1 heterocycles. The van der Waals surface area contributed by atoms with Crippen molar-refractivity contribution in [1.29, 1.82) is 0 Å². The van der Waals surface area contributed by atoms with Crippen LogP contribution in [0.5, 0.6) is 0 Å². The highest BCUT2D eigenvalue weighted by atomic mass is 19.1. The molecule has 6 heteroatoms. The van der Waals surface area contributed by atoms with Gasteiger partial charge in [-0.3, -0.25) is 4.98 Å². The normalized spacial score (nSPS) is 11.0. The van der Waals surface area contributed by atoms with E-state index in [0.29, 0.717) is 23.3 Å². The molecule has 3 rings (SSSR count). The van der Waals surface area contributed by atoms with Gasteiger partial charge in [-0.2, -0.15) is 0 Å². The number of rotatable bonds is 2. The number of aromatic carboxylic acids is 1. The zero-order valence-corrected chi connectivity index (χ0v) is 11.9. The first-order valence-electron chi connectivity index (χ1n) is 6.66. The van der Waals surface area contributed by atoms with E-state index < -0.39 is 29.0 Å². The number of fused-ring (bicyclic) bond motifs is 1. The molecular formula is C17H10F3NO2. The molecular weight excluding hydrogens is 307 g/mol. The molecule has 1 N–H and O–H groups in total. The molecule has 0 bridgehead atoms. The molecule has 23 heavy (non-hydrogen) atoms. The summed E-state index contributed by atoms with van der Waals surface area (Å²) in [5.74, 6) is -4.31. The monoisotopic (exact) mass is 317 g/mol. The SMILES string of the molecule is Cc1cc(-c2c(F)cc(F)cc2F)c2cc(C(=O)O)ccc2n1. The van der Waals surface area contributed by atoms with Gasteiger partial charge in [0.05, 0.1) is 16.6 Å². The number of hydrogen-bond acceptors (Lipinski definition) is 2. The van der Waals surface area contributed by atoms with Crippen LogP contribution in [0.1, 0.15) is 16.1 Å². The van der Waals surface area contributed by atoms with Crippen LogP contribution in [0, 0.1) is 24.4 Å². The number of nitrogens with zero attached hydrogens (tertiary/aromatic N) is 1. The van der Waals surface area contributed by atoms with E-state index >= 15 is 0 Å². The van der Waals surface area contributed by atoms with Gasteiger partial charge < -0.3 is 5.11 Å². The fourth-order valence-corrected chi connectivity index (χ4v) is 2.50. The number of carboxylic acids is 1. The first-order valence-corrected chi connectivity index (χ1v) is 6.66. The van der Waals surface area contributed by atoms with Crippen LogP contribution in [0.4, 0.5) is 13.2 Å². The summed E-state index contributed by atoms with van der Waals surface area (Å²) in [6.07, 6.45) is 0. The Morgan fingerprint density at radius 2 is 1.70 bits per heavy atom. The van der Waals surface area contributed by atoms with Crippen molar-refractivity contribution in [3.8, 4) is 11.1 Å². The molecule has 0 aliphatic carbocycles. The fraction of sp³-hybridized carbons (Fsp3) is 0.0588. The van der Waals surface area contributed by atoms with Crippen LogP contribution in [0.15, 0.2) is 36.4 Å². The first-order chi connectivity index (χ1) is 10.9. The highest BCUT2D eigenvalue weighted by molar-refractivity contribution is 6.00. The molecule has 0 saturated carbocycles. The Bertz CT molecular complexity index is 931. The maximum atomic E-state index is 14.1. The summed E-state index contributed by atoms with van der Waals surface area (Å²) in [6, 6.07) is 6.73. The Labute approximate surface area is 129 Å². The van der Waals surface area contributed by atoms with E-state index in [4.69, 9.17) is 5.11 Å². The lowest BCUT2D eigenvalue weighted by Gasteiger charge is -2.11. The molecule has 3 aromatic rings. The van der Waals surface area contributed by atoms with E-state index in [1.807, 2.05) is 0 Å². The van der Waals surface area contributed by atoms with Crippen molar-refractivity contribution in [2.45, 2.75) is 6.92 Å². The standard InChI is InChI=1S/C17H10F3NO2/c1-8-4-12(16-13(19)6-10(18)7-14(16)20)11-5-9(17(22)23)2-3-15(11)21-8/h2-7H,1H3,(H,22,23). The van der Waals surface area contributed by atoms with E-state index in [-0.39, 0.29) is 16.5 Å². The van der Waals surface area contributed by atoms with Crippen molar-refractivity contribution < 1.29 is 23.1 Å². The molecule has 0 aliphatic heterocycles. The van der Waals surface area contributed by atoms with Gasteiger partial charge in [0.25, 0.3) is 0 Å². The van der Waals surface area contributed by atoms with Crippen LogP contribution in [0.3, 0.4) is 0 Å². The Balaban J connectivity index is 2.41. The van der Waals surface area contributed by atoms with Gasteiger partial charge >= 0.3 is 5.97 Å². The maximum Gasteiger partial charge on any atom is 0.335 e. The molecule has 0 radical (unpaired) electrons. The molecule has 0 aliphatic rings. The predicted molar refractivity (Wildman–Crippen MR) is 78.7 cm³/mol. The van der Waals surface area contributed by atoms with Crippen molar-refractivity contribution in [2.75, 3.05) is 0 Å². The summed E-state index contributed by atoms with van der Waals surface area (Å²) in [7, 11) is 0. The predicted octanol–water partition coefficient (Wildman–Crippen LogP) is 4.33. The van der Waals surface area contributed by atoms with E-state index in [1.54, 1.807) is 6.92 Å². The Hall–Kier alpha value is -2.89. The largest absolute Gasteiger partial charge is 0.478 e. The number of hydrogen-bond donors (Lipinski definition) is 1. The minimum atomic E-state index is -1.17. The lowest BCUT2D eigenvalue weighted by molar-refractivity contribution is 0.0697. The number of benzene rings is 2. The van der Waals surface area contributed by atoms with Gasteiger partial charge in [-0.25, -0.2) is 18.0 Å². The van der Waals surface area contributed by atoms with E-state index in [1.165, 1.54) is 24.3 Å². The zero-order valence-electron chi connectivity index (χ0n) is 11.9. The van der Waals surface area contributed by atoms with Crippen LogP contribution < -0.4 is 0 Å². The molecule has 2 aromatic carbocycles. The molecule has 116 valence electrons. The third-order valence-corrected chi connectivity index (χ3v) is 3.46. The molecule has 0 atom stereocenters. The molecule has 0 amide bonds. The van der Waals surface area contributed by atoms with Gasteiger partial charge in [-0.1, -0.05) is 0 Å². The van der Waals surface area contributed by atoms with E-state index in [9.17, 15) is 18.0 Å². The second-order valence-electron chi connectivity index (χ2n) is 5.09. The molecule has 0 unspecified atom stereocenters. The summed E-state index contributed by atoms with van der Waals surface area (Å²) in [5, 5.41) is 9.37. The van der Waals surface area contributed by atoms with Gasteiger partial charge in [0.2, 0.25) is 0 Å². The summed E-state index contributed by atoms with van der Waals surface area (Å²) in [6.45, 7) is 1.65. The smallest absolute Gasteiger partial charge is 0.335 e. The molecule has 1 aromatic heterocycles. The van der Waals surface area contributed by atoms with Crippen molar-refractivity contribution in [3.05, 3.63) is 65.1 Å². The minimum Gasteiger partial charge on any atom is -0.478 e. The average Bonchev–Trinajstić information content (AvgIpc) is 2.45. The molecule has 0 spiro atoms. The Morgan fingerprint density at radius 3 is 2.30 bits per heavy atom. The second-order valence-corrected chi connectivity index (χ2v) is 5.09. The summed E-state index contributed by atoms with van der Waals surface area (Å²) in [4.78, 5) is 15.3. The van der Waals surface area contributed by atoms with Crippen LogP contribution in [0.25, 0.3) is 22.0 Å². The highest BCUT2D eigenvalue weighted by Gasteiger charge is 2.18. The van der Waals surface area contributed by atoms with Gasteiger partial charge in [0.15, 0.2) is 0 Å². The maximum absolute atomic E-state index is 14.1.